The van der Waals surface area contributed by atoms with Crippen molar-refractivity contribution in [2.24, 2.45) is 11.8 Å². The molecule has 1 aromatic carbocycles. The topological polar surface area (TPSA) is 85.8 Å². The number of Topliss-reactive ketones (excluding diaryl/α,β-unsaturated/α-hetero) is 1. The monoisotopic (exact) mass is 536 g/mol. The predicted octanol–water partition coefficient (Wildman–Crippen LogP) is 4.42. The summed E-state index contributed by atoms with van der Waals surface area (Å²) < 4.78 is 25.2. The van der Waals surface area contributed by atoms with Crippen molar-refractivity contribution < 1.29 is 28.2 Å². The van der Waals surface area contributed by atoms with E-state index in [9.17, 15) is 14.4 Å². The molecule has 0 radical (unpaired) electrons. The summed E-state index contributed by atoms with van der Waals surface area (Å²) >= 11 is 0. The second kappa shape index (κ2) is 10.8. The molecule has 1 fully saturated rings. The molecule has 1 aromatic heterocycles. The van der Waals surface area contributed by atoms with Crippen molar-refractivity contribution in [3.8, 4) is 0 Å². The summed E-state index contributed by atoms with van der Waals surface area (Å²) in [4.78, 5) is 45.7. The van der Waals surface area contributed by atoms with E-state index in [1.54, 1.807) is 12.0 Å². The van der Waals surface area contributed by atoms with Crippen molar-refractivity contribution in [1.82, 2.24) is 9.88 Å². The Labute approximate surface area is 229 Å². The Morgan fingerprint density at radius 3 is 2.62 bits per heavy atom. The summed E-state index contributed by atoms with van der Waals surface area (Å²) in [6.07, 6.45) is 3.77. The van der Waals surface area contributed by atoms with E-state index in [0.29, 0.717) is 44.4 Å². The second-order valence-electron chi connectivity index (χ2n) is 11.9. The smallest absolute Gasteiger partial charge is 0.305 e. The molecule has 1 atom stereocenters. The molecule has 7 nitrogen and oxygen atoms in total. The molecule has 0 unspecified atom stereocenters. The number of esters is 1. The maximum Gasteiger partial charge on any atom is 0.305 e. The summed E-state index contributed by atoms with van der Waals surface area (Å²) in [7, 11) is 2.97. The average Bonchev–Trinajstić information content (AvgIpc) is 3.19. The number of pyridine rings is 1. The number of methoxy groups -OCH3 is 2. The molecule has 1 aliphatic heterocycles. The molecule has 0 N–H and O–H groups in total. The van der Waals surface area contributed by atoms with E-state index >= 15 is 4.39 Å². The van der Waals surface area contributed by atoms with Gasteiger partial charge in [-0.2, -0.15) is 0 Å². The number of hydrogen-bond acceptors (Lipinski definition) is 6. The lowest BCUT2D eigenvalue weighted by Crippen LogP contribution is -2.49. The van der Waals surface area contributed by atoms with Crippen LogP contribution in [0.5, 0.6) is 0 Å². The number of ketones is 1. The van der Waals surface area contributed by atoms with Crippen molar-refractivity contribution in [2.75, 3.05) is 20.8 Å². The van der Waals surface area contributed by atoms with Crippen molar-refractivity contribution in [1.29, 1.82) is 0 Å². The highest BCUT2D eigenvalue weighted by Gasteiger charge is 2.43. The van der Waals surface area contributed by atoms with Gasteiger partial charge in [0, 0.05) is 50.1 Å². The number of carbonyl (C=O) groups excluding carboxylic acids is 3. The number of ether oxygens (including phenoxy) is 2. The van der Waals surface area contributed by atoms with E-state index in [4.69, 9.17) is 14.5 Å². The van der Waals surface area contributed by atoms with Crippen LogP contribution in [-0.4, -0.2) is 48.3 Å². The van der Waals surface area contributed by atoms with E-state index in [0.717, 1.165) is 40.9 Å². The molecule has 2 heterocycles. The first-order valence-corrected chi connectivity index (χ1v) is 13.8. The highest BCUT2D eigenvalue weighted by atomic mass is 19.1. The summed E-state index contributed by atoms with van der Waals surface area (Å²) in [5.74, 6) is -0.845. The Morgan fingerprint density at radius 1 is 1.13 bits per heavy atom. The van der Waals surface area contributed by atoms with Crippen LogP contribution in [0.1, 0.15) is 79.2 Å². The van der Waals surface area contributed by atoms with Crippen LogP contribution in [0, 0.1) is 17.7 Å². The number of nitrogens with zero attached hydrogens (tertiary/aromatic N) is 2. The van der Waals surface area contributed by atoms with Crippen molar-refractivity contribution in [3.05, 3.63) is 63.7 Å². The Balaban J connectivity index is 1.40. The molecule has 0 bridgehead atoms. The molecule has 0 spiro atoms. The fourth-order valence-corrected chi connectivity index (χ4v) is 6.65. The van der Waals surface area contributed by atoms with Crippen LogP contribution < -0.4 is 0 Å². The molecule has 0 saturated heterocycles. The third-order valence-electron chi connectivity index (χ3n) is 8.72. The summed E-state index contributed by atoms with van der Waals surface area (Å²) in [6, 6.07) is 6.39. The van der Waals surface area contributed by atoms with Crippen molar-refractivity contribution in [3.63, 3.8) is 0 Å². The van der Waals surface area contributed by atoms with Gasteiger partial charge in [-0.25, -0.2) is 4.39 Å². The zero-order valence-electron chi connectivity index (χ0n) is 23.2. The van der Waals surface area contributed by atoms with Gasteiger partial charge >= 0.3 is 5.97 Å². The molecular formula is C31H37FN2O5. The Kier molecular flexibility index (Phi) is 7.60. The lowest BCUT2D eigenvalue weighted by atomic mass is 9.72. The van der Waals surface area contributed by atoms with Gasteiger partial charge in [-0.1, -0.05) is 26.0 Å². The second-order valence-corrected chi connectivity index (χ2v) is 11.9. The van der Waals surface area contributed by atoms with Crippen LogP contribution in [0.25, 0.3) is 0 Å². The Bertz CT molecular complexity index is 1300. The molecular weight excluding hydrogens is 499 g/mol. The highest BCUT2D eigenvalue weighted by molar-refractivity contribution is 5.93. The molecule has 3 aliphatic rings. The molecule has 8 heteroatoms. The van der Waals surface area contributed by atoms with Crippen molar-refractivity contribution in [2.45, 2.75) is 76.9 Å². The van der Waals surface area contributed by atoms with E-state index in [1.165, 1.54) is 13.2 Å². The van der Waals surface area contributed by atoms with Gasteiger partial charge in [0.1, 0.15) is 11.9 Å². The number of halogens is 1. The van der Waals surface area contributed by atoms with Gasteiger partial charge < -0.3 is 14.4 Å². The predicted molar refractivity (Wildman–Crippen MR) is 142 cm³/mol. The lowest BCUT2D eigenvalue weighted by molar-refractivity contribution is -0.150. The van der Waals surface area contributed by atoms with Crippen LogP contribution in [0.4, 0.5) is 4.39 Å². The first-order valence-electron chi connectivity index (χ1n) is 13.8. The highest BCUT2D eigenvalue weighted by Crippen LogP contribution is 2.42. The molecule has 5 rings (SSSR count). The van der Waals surface area contributed by atoms with Gasteiger partial charge in [0.05, 0.1) is 19.4 Å². The fourth-order valence-electron chi connectivity index (χ4n) is 6.65. The van der Waals surface area contributed by atoms with Crippen LogP contribution >= 0.6 is 0 Å². The first kappa shape index (κ1) is 27.4. The number of hydrogen-bond donors (Lipinski definition) is 0. The molecule has 39 heavy (non-hydrogen) atoms. The minimum atomic E-state index is -0.780. The first-order chi connectivity index (χ1) is 18.6. The van der Waals surface area contributed by atoms with Gasteiger partial charge in [-0.3, -0.25) is 19.4 Å². The van der Waals surface area contributed by atoms with E-state index in [2.05, 4.69) is 13.8 Å². The van der Waals surface area contributed by atoms with Gasteiger partial charge in [0.2, 0.25) is 5.91 Å². The minimum Gasteiger partial charge on any atom is -0.469 e. The van der Waals surface area contributed by atoms with E-state index in [1.807, 2.05) is 18.2 Å². The zero-order valence-corrected chi connectivity index (χ0v) is 23.2. The lowest BCUT2D eigenvalue weighted by Gasteiger charge is -2.42. The maximum atomic E-state index is 15.2. The van der Waals surface area contributed by atoms with Crippen LogP contribution in [0.3, 0.4) is 0 Å². The summed E-state index contributed by atoms with van der Waals surface area (Å²) in [5, 5.41) is 0. The Morgan fingerprint density at radius 2 is 1.90 bits per heavy atom. The van der Waals surface area contributed by atoms with Gasteiger partial charge in [-0.05, 0) is 65.8 Å². The molecule has 208 valence electrons. The molecule has 2 aromatic rings. The number of fused-ring (bicyclic) bond motifs is 2. The summed E-state index contributed by atoms with van der Waals surface area (Å²) in [6.45, 7) is 4.85. The normalized spacial score (nSPS) is 23.0. The zero-order chi connectivity index (χ0) is 27.9. The number of amides is 1. The largest absolute Gasteiger partial charge is 0.469 e. The number of rotatable bonds is 8. The Hall–Kier alpha value is -3.13. The quantitative estimate of drug-likeness (QED) is 0.465. The van der Waals surface area contributed by atoms with Gasteiger partial charge in [0.25, 0.3) is 0 Å². The number of aryl methyl sites for hydroxylation is 1. The standard InChI is InChI=1S/C31H37FN2O5/c1-31(2)9-7-20-11-19(14-24(32)28(20)31)15-26(35)29-23-6-5-22(17-38-3)33-25(23)8-10-34(29)30(37)21-12-18(13-21)16-27(36)39-4/h5-6,11,14,18,21,29H,7-10,12-13,15-17H2,1-4H3/t18?,21?,29-/m1/s1. The van der Waals surface area contributed by atoms with E-state index in [-0.39, 0.29) is 47.1 Å². The van der Waals surface area contributed by atoms with Gasteiger partial charge in [-0.15, -0.1) is 0 Å². The summed E-state index contributed by atoms with van der Waals surface area (Å²) in [5.41, 5.74) is 4.44. The van der Waals surface area contributed by atoms with E-state index < -0.39 is 6.04 Å². The van der Waals surface area contributed by atoms with Crippen LogP contribution in [0.15, 0.2) is 24.3 Å². The van der Waals surface area contributed by atoms with Crippen LogP contribution in [0.2, 0.25) is 0 Å². The molecule has 2 aliphatic carbocycles. The van der Waals surface area contributed by atoms with Crippen molar-refractivity contribution >= 4 is 17.7 Å². The third-order valence-corrected chi connectivity index (χ3v) is 8.72. The third kappa shape index (κ3) is 5.36. The maximum absolute atomic E-state index is 15.2. The number of benzene rings is 1. The van der Waals surface area contributed by atoms with Gasteiger partial charge in [0.15, 0.2) is 5.78 Å². The number of aromatic nitrogens is 1. The minimum absolute atomic E-state index is 0.0357. The average molecular weight is 537 g/mol. The SMILES string of the molecule is COCc1ccc2c(n1)CCN(C(=O)C1CC(CC(=O)OC)C1)[C@H]2C(=O)Cc1cc(F)c2c(c1)CCC2(C)C. The molecule has 1 saturated carbocycles. The molecule has 1 amide bonds. The number of carbonyl (C=O) groups is 3. The fraction of sp³-hybridized carbons (Fsp3) is 0.548. The van der Waals surface area contributed by atoms with Crippen LogP contribution in [-0.2, 0) is 55.1 Å².